The minimum Gasteiger partial charge on any atom is -0.382 e. The zero-order valence-corrected chi connectivity index (χ0v) is 15.8. The van der Waals surface area contributed by atoms with Crippen LogP contribution in [0.25, 0.3) is 0 Å². The molecule has 2 amide bonds. The second kappa shape index (κ2) is 12.9. The van der Waals surface area contributed by atoms with Crippen molar-refractivity contribution in [3.05, 3.63) is 0 Å². The van der Waals surface area contributed by atoms with Crippen molar-refractivity contribution in [3.8, 4) is 0 Å². The molecule has 0 heterocycles. The molecule has 0 spiro atoms. The molecule has 25 heavy (non-hydrogen) atoms. The summed E-state index contributed by atoms with van der Waals surface area (Å²) < 4.78 is 5.20. The average molecular weight is 354 g/mol. The maximum absolute atomic E-state index is 12.0. The summed E-state index contributed by atoms with van der Waals surface area (Å²) in [6, 6.07) is 0.181. The van der Waals surface area contributed by atoms with Crippen LogP contribution in [0.4, 0.5) is 0 Å². The van der Waals surface area contributed by atoms with Gasteiger partial charge >= 0.3 is 0 Å². The van der Waals surface area contributed by atoms with Crippen LogP contribution in [-0.4, -0.2) is 43.4 Å². The first-order valence-electron chi connectivity index (χ1n) is 9.73. The number of Topliss-reactive ketones (excluding diaryl/α,β-unsaturated/α-hetero) is 1. The summed E-state index contributed by atoms with van der Waals surface area (Å²) in [6.45, 7) is 5.82. The predicted molar refractivity (Wildman–Crippen MR) is 97.2 cm³/mol. The third-order valence-corrected chi connectivity index (χ3v) is 4.70. The zero-order valence-electron chi connectivity index (χ0n) is 15.8. The Labute approximate surface area is 151 Å². The minimum atomic E-state index is -0.0112. The normalized spacial score (nSPS) is 20.1. The lowest BCUT2D eigenvalue weighted by molar-refractivity contribution is -0.123. The molecular formula is C19H34N2O4. The number of amides is 2. The van der Waals surface area contributed by atoms with E-state index in [0.29, 0.717) is 51.2 Å². The number of rotatable bonds is 12. The fourth-order valence-electron chi connectivity index (χ4n) is 3.19. The second-order valence-corrected chi connectivity index (χ2v) is 6.69. The molecule has 1 fully saturated rings. The number of hydrogen-bond acceptors (Lipinski definition) is 4. The van der Waals surface area contributed by atoms with Crippen LogP contribution in [0.3, 0.4) is 0 Å². The summed E-state index contributed by atoms with van der Waals surface area (Å²) in [5.41, 5.74) is 0. The maximum Gasteiger partial charge on any atom is 0.220 e. The number of carbonyl (C=O) groups excluding carboxylic acids is 3. The summed E-state index contributed by atoms with van der Waals surface area (Å²) in [6.07, 6.45) is 6.24. The number of ketones is 1. The quantitative estimate of drug-likeness (QED) is 0.527. The highest BCUT2D eigenvalue weighted by atomic mass is 16.5. The lowest BCUT2D eigenvalue weighted by atomic mass is 9.83. The Morgan fingerprint density at radius 3 is 2.28 bits per heavy atom. The second-order valence-electron chi connectivity index (χ2n) is 6.69. The van der Waals surface area contributed by atoms with E-state index in [2.05, 4.69) is 10.6 Å². The average Bonchev–Trinajstić information content (AvgIpc) is 2.61. The number of ether oxygens (including phenoxy) is 1. The van der Waals surface area contributed by atoms with E-state index >= 15 is 0 Å². The Morgan fingerprint density at radius 2 is 1.64 bits per heavy atom. The van der Waals surface area contributed by atoms with Crippen LogP contribution in [0.2, 0.25) is 0 Å². The van der Waals surface area contributed by atoms with Crippen molar-refractivity contribution < 1.29 is 19.1 Å². The molecule has 6 nitrogen and oxygen atoms in total. The SMILES string of the molecule is CCOCCCNC(=O)CCCC(=O)NC1CCC(C(=O)CC)CC1. The molecule has 0 radical (unpaired) electrons. The topological polar surface area (TPSA) is 84.5 Å². The Hall–Kier alpha value is -1.43. The van der Waals surface area contributed by atoms with E-state index in [1.807, 2.05) is 13.8 Å². The Kier molecular flexibility index (Phi) is 11.1. The van der Waals surface area contributed by atoms with Gasteiger partial charge in [0.1, 0.15) is 5.78 Å². The van der Waals surface area contributed by atoms with Gasteiger partial charge in [0.15, 0.2) is 0 Å². The van der Waals surface area contributed by atoms with Gasteiger partial charge in [-0.1, -0.05) is 6.92 Å². The molecule has 0 unspecified atom stereocenters. The number of nitrogens with one attached hydrogen (secondary N) is 2. The van der Waals surface area contributed by atoms with Crippen LogP contribution >= 0.6 is 0 Å². The van der Waals surface area contributed by atoms with Gasteiger partial charge in [0.25, 0.3) is 0 Å². The number of hydrogen-bond donors (Lipinski definition) is 2. The molecule has 0 bridgehead atoms. The van der Waals surface area contributed by atoms with E-state index in [9.17, 15) is 14.4 Å². The van der Waals surface area contributed by atoms with Crippen molar-refractivity contribution in [2.24, 2.45) is 5.92 Å². The van der Waals surface area contributed by atoms with Crippen LogP contribution in [0.15, 0.2) is 0 Å². The van der Waals surface area contributed by atoms with E-state index in [1.165, 1.54) is 0 Å². The van der Waals surface area contributed by atoms with E-state index in [4.69, 9.17) is 4.74 Å². The molecule has 2 N–H and O–H groups in total. The fraction of sp³-hybridized carbons (Fsp3) is 0.842. The smallest absolute Gasteiger partial charge is 0.220 e. The van der Waals surface area contributed by atoms with Crippen molar-refractivity contribution in [1.82, 2.24) is 10.6 Å². The van der Waals surface area contributed by atoms with Crippen LogP contribution < -0.4 is 10.6 Å². The van der Waals surface area contributed by atoms with Gasteiger partial charge in [-0.05, 0) is 45.4 Å². The van der Waals surface area contributed by atoms with Gasteiger partial charge in [-0.2, -0.15) is 0 Å². The van der Waals surface area contributed by atoms with Gasteiger partial charge < -0.3 is 15.4 Å². The molecule has 0 aromatic carbocycles. The lowest BCUT2D eigenvalue weighted by Gasteiger charge is -2.28. The monoisotopic (exact) mass is 354 g/mol. The summed E-state index contributed by atoms with van der Waals surface area (Å²) in [5.74, 6) is 0.527. The largest absolute Gasteiger partial charge is 0.382 e. The van der Waals surface area contributed by atoms with E-state index in [1.54, 1.807) is 0 Å². The summed E-state index contributed by atoms with van der Waals surface area (Å²) >= 11 is 0. The molecule has 0 aromatic rings. The van der Waals surface area contributed by atoms with Gasteiger partial charge in [0, 0.05) is 51.0 Å². The highest BCUT2D eigenvalue weighted by molar-refractivity contribution is 5.81. The highest BCUT2D eigenvalue weighted by Gasteiger charge is 2.25. The molecule has 0 atom stereocenters. The third kappa shape index (κ3) is 9.58. The van der Waals surface area contributed by atoms with E-state index < -0.39 is 0 Å². The fourth-order valence-corrected chi connectivity index (χ4v) is 3.19. The van der Waals surface area contributed by atoms with Gasteiger partial charge in [0.2, 0.25) is 11.8 Å². The van der Waals surface area contributed by atoms with E-state index in [-0.39, 0.29) is 23.8 Å². The van der Waals surface area contributed by atoms with Gasteiger partial charge in [-0.25, -0.2) is 0 Å². The van der Waals surface area contributed by atoms with Crippen molar-refractivity contribution in [1.29, 1.82) is 0 Å². The molecule has 0 aromatic heterocycles. The van der Waals surface area contributed by atoms with Gasteiger partial charge in [-0.15, -0.1) is 0 Å². The summed E-state index contributed by atoms with van der Waals surface area (Å²) in [5, 5.41) is 5.87. The Bertz CT molecular complexity index is 418. The Balaban J connectivity index is 2.05. The van der Waals surface area contributed by atoms with Crippen LogP contribution in [-0.2, 0) is 19.1 Å². The highest BCUT2D eigenvalue weighted by Crippen LogP contribution is 2.25. The Morgan fingerprint density at radius 1 is 0.960 bits per heavy atom. The van der Waals surface area contributed by atoms with Crippen LogP contribution in [0.5, 0.6) is 0 Å². The molecule has 1 aliphatic rings. The molecule has 1 aliphatic carbocycles. The van der Waals surface area contributed by atoms with E-state index in [0.717, 1.165) is 32.1 Å². The van der Waals surface area contributed by atoms with Crippen LogP contribution in [0, 0.1) is 5.92 Å². The van der Waals surface area contributed by atoms with Crippen molar-refractivity contribution in [2.75, 3.05) is 19.8 Å². The standard InChI is InChI=1S/C19H34N2O4/c1-3-17(22)15-9-11-16(12-10-15)21-19(24)8-5-7-18(23)20-13-6-14-25-4-2/h15-16H,3-14H2,1-2H3,(H,20,23)(H,21,24). The first kappa shape index (κ1) is 21.6. The molecular weight excluding hydrogens is 320 g/mol. The zero-order chi connectivity index (χ0) is 18.5. The third-order valence-electron chi connectivity index (χ3n) is 4.70. The molecule has 0 aliphatic heterocycles. The molecule has 0 saturated heterocycles. The molecule has 6 heteroatoms. The van der Waals surface area contributed by atoms with Crippen molar-refractivity contribution >= 4 is 17.6 Å². The molecule has 1 rings (SSSR count). The number of carbonyl (C=O) groups is 3. The summed E-state index contributed by atoms with van der Waals surface area (Å²) in [4.78, 5) is 35.3. The van der Waals surface area contributed by atoms with Crippen molar-refractivity contribution in [3.63, 3.8) is 0 Å². The predicted octanol–water partition coefficient (Wildman–Crippen LogP) is 2.35. The maximum atomic E-state index is 12.0. The summed E-state index contributed by atoms with van der Waals surface area (Å²) in [7, 11) is 0. The van der Waals surface area contributed by atoms with Crippen molar-refractivity contribution in [2.45, 2.75) is 77.7 Å². The van der Waals surface area contributed by atoms with Gasteiger partial charge in [-0.3, -0.25) is 14.4 Å². The molecule has 144 valence electrons. The van der Waals surface area contributed by atoms with Gasteiger partial charge in [0.05, 0.1) is 0 Å². The first-order valence-corrected chi connectivity index (χ1v) is 9.73. The first-order chi connectivity index (χ1) is 12.1. The molecule has 1 saturated carbocycles. The van der Waals surface area contributed by atoms with Crippen LogP contribution in [0.1, 0.15) is 71.6 Å². The minimum absolute atomic E-state index is 0.00872. The lowest BCUT2D eigenvalue weighted by Crippen LogP contribution is -2.38.